The Morgan fingerprint density at radius 1 is 1.35 bits per heavy atom. The summed E-state index contributed by atoms with van der Waals surface area (Å²) in [6.45, 7) is 6.64. The van der Waals surface area contributed by atoms with E-state index in [-0.39, 0.29) is 17.7 Å². The second-order valence-corrected chi connectivity index (χ2v) is 4.56. The van der Waals surface area contributed by atoms with Crippen LogP contribution in [-0.4, -0.2) is 34.7 Å². The lowest BCUT2D eigenvalue weighted by molar-refractivity contribution is 0.278. The van der Waals surface area contributed by atoms with Crippen molar-refractivity contribution in [3.8, 4) is 11.5 Å². The first-order valence-electron chi connectivity index (χ1n) is 6.71. The van der Waals surface area contributed by atoms with Gasteiger partial charge in [0, 0.05) is 12.1 Å². The molecule has 2 N–H and O–H groups in total. The summed E-state index contributed by atoms with van der Waals surface area (Å²) in [5, 5.41) is 3.88. The van der Waals surface area contributed by atoms with Gasteiger partial charge in [-0.1, -0.05) is 25.1 Å². The average Bonchev–Trinajstić information content (AvgIpc) is 2.94. The largest absolute Gasteiger partial charge is 0.334 e. The van der Waals surface area contributed by atoms with Gasteiger partial charge in [0.1, 0.15) is 5.82 Å². The van der Waals surface area contributed by atoms with E-state index in [1.54, 1.807) is 12.1 Å². The maximum absolute atomic E-state index is 13.2. The van der Waals surface area contributed by atoms with Crippen LogP contribution in [0, 0.1) is 5.82 Å². The Hall–Kier alpha value is -1.79. The fourth-order valence-electron chi connectivity index (χ4n) is 1.97. The number of nitrogens with two attached hydrogens (primary N) is 1. The Balaban J connectivity index is 2.12. The van der Waals surface area contributed by atoms with Crippen LogP contribution >= 0.6 is 0 Å². The molecule has 0 fully saturated rings. The van der Waals surface area contributed by atoms with Crippen molar-refractivity contribution in [1.29, 1.82) is 0 Å². The van der Waals surface area contributed by atoms with Crippen LogP contribution in [0.4, 0.5) is 4.39 Å². The molecule has 108 valence electrons. The third-order valence-corrected chi connectivity index (χ3v) is 3.19. The second kappa shape index (κ2) is 6.58. The van der Waals surface area contributed by atoms with Crippen LogP contribution in [0.15, 0.2) is 28.8 Å². The number of nitrogens with zero attached hydrogens (tertiary/aromatic N) is 3. The lowest BCUT2D eigenvalue weighted by Gasteiger charge is -2.20. The Morgan fingerprint density at radius 3 is 2.75 bits per heavy atom. The number of likely N-dealkylation sites (N-methyl/N-ethyl adjacent to an activating group) is 1. The molecule has 0 bridgehead atoms. The van der Waals surface area contributed by atoms with E-state index < -0.39 is 0 Å². The minimum atomic E-state index is -0.338. The minimum absolute atomic E-state index is 0.287. The number of rotatable bonds is 6. The molecular formula is C14H19FN4O. The van der Waals surface area contributed by atoms with Crippen LogP contribution in [0.5, 0.6) is 0 Å². The molecule has 5 nitrogen and oxygen atoms in total. The number of halogens is 1. The van der Waals surface area contributed by atoms with Crippen LogP contribution in [0.1, 0.15) is 25.7 Å². The monoisotopic (exact) mass is 278 g/mol. The first-order chi connectivity index (χ1) is 9.63. The van der Waals surface area contributed by atoms with Crippen LogP contribution < -0.4 is 5.73 Å². The van der Waals surface area contributed by atoms with E-state index >= 15 is 0 Å². The Morgan fingerprint density at radius 2 is 2.10 bits per heavy atom. The van der Waals surface area contributed by atoms with Crippen LogP contribution in [0.3, 0.4) is 0 Å². The molecule has 1 atom stereocenters. The molecule has 1 aromatic carbocycles. The summed E-state index contributed by atoms with van der Waals surface area (Å²) in [6, 6.07) is 5.72. The number of benzene rings is 1. The van der Waals surface area contributed by atoms with Gasteiger partial charge in [0.05, 0.1) is 6.04 Å². The molecule has 6 heteroatoms. The fourth-order valence-corrected chi connectivity index (χ4v) is 1.97. The molecular weight excluding hydrogens is 259 g/mol. The molecule has 2 rings (SSSR count). The smallest absolute Gasteiger partial charge is 0.258 e. The first kappa shape index (κ1) is 14.6. The van der Waals surface area contributed by atoms with E-state index in [4.69, 9.17) is 10.3 Å². The highest BCUT2D eigenvalue weighted by Crippen LogP contribution is 2.19. The zero-order valence-corrected chi connectivity index (χ0v) is 11.7. The van der Waals surface area contributed by atoms with Gasteiger partial charge >= 0.3 is 0 Å². The van der Waals surface area contributed by atoms with Gasteiger partial charge in [-0.3, -0.25) is 0 Å². The van der Waals surface area contributed by atoms with Crippen molar-refractivity contribution in [3.63, 3.8) is 0 Å². The normalized spacial score (nSPS) is 12.8. The van der Waals surface area contributed by atoms with Crippen molar-refractivity contribution < 1.29 is 8.91 Å². The Bertz CT molecular complexity index is 554. The lowest BCUT2D eigenvalue weighted by Crippen LogP contribution is -2.32. The summed E-state index contributed by atoms with van der Waals surface area (Å²) in [7, 11) is 0. The molecule has 1 aromatic heterocycles. The van der Waals surface area contributed by atoms with Crippen LogP contribution in [0.25, 0.3) is 11.5 Å². The summed E-state index contributed by atoms with van der Waals surface area (Å²) >= 11 is 0. The zero-order valence-electron chi connectivity index (χ0n) is 11.7. The SMILES string of the molecule is CCN(CC)CC(N)c1noc(-c2cccc(F)c2)n1. The van der Waals surface area contributed by atoms with E-state index in [1.165, 1.54) is 12.1 Å². The molecule has 0 saturated heterocycles. The van der Waals surface area contributed by atoms with Crippen molar-refractivity contribution in [2.45, 2.75) is 19.9 Å². The third-order valence-electron chi connectivity index (χ3n) is 3.19. The molecule has 1 heterocycles. The third kappa shape index (κ3) is 3.40. The predicted octanol–water partition coefficient (Wildman–Crippen LogP) is 2.22. The molecule has 20 heavy (non-hydrogen) atoms. The van der Waals surface area contributed by atoms with Crippen LogP contribution in [0.2, 0.25) is 0 Å². The van der Waals surface area contributed by atoms with Crippen molar-refractivity contribution in [1.82, 2.24) is 15.0 Å². The maximum atomic E-state index is 13.2. The van der Waals surface area contributed by atoms with Gasteiger partial charge in [-0.05, 0) is 31.3 Å². The lowest BCUT2D eigenvalue weighted by atomic mass is 10.2. The van der Waals surface area contributed by atoms with Crippen molar-refractivity contribution in [2.75, 3.05) is 19.6 Å². The molecule has 0 spiro atoms. The molecule has 1 unspecified atom stereocenters. The zero-order chi connectivity index (χ0) is 14.5. The highest BCUT2D eigenvalue weighted by atomic mass is 19.1. The fraction of sp³-hybridized carbons (Fsp3) is 0.429. The van der Waals surface area contributed by atoms with E-state index in [2.05, 4.69) is 28.9 Å². The summed E-state index contributed by atoms with van der Waals surface area (Å²) < 4.78 is 18.3. The van der Waals surface area contributed by atoms with E-state index in [0.29, 0.717) is 17.9 Å². The van der Waals surface area contributed by atoms with Gasteiger partial charge in [-0.2, -0.15) is 4.98 Å². The molecule has 0 amide bonds. The van der Waals surface area contributed by atoms with Crippen molar-refractivity contribution >= 4 is 0 Å². The van der Waals surface area contributed by atoms with Gasteiger partial charge in [0.15, 0.2) is 5.82 Å². The molecule has 2 aromatic rings. The van der Waals surface area contributed by atoms with Gasteiger partial charge < -0.3 is 15.2 Å². The first-order valence-corrected chi connectivity index (χ1v) is 6.71. The van der Waals surface area contributed by atoms with Crippen LogP contribution in [-0.2, 0) is 0 Å². The molecule has 0 aliphatic carbocycles. The minimum Gasteiger partial charge on any atom is -0.334 e. The summed E-state index contributed by atoms with van der Waals surface area (Å²) in [6.07, 6.45) is 0. The van der Waals surface area contributed by atoms with Gasteiger partial charge in [-0.25, -0.2) is 4.39 Å². The topological polar surface area (TPSA) is 68.2 Å². The molecule has 0 aliphatic heterocycles. The van der Waals surface area contributed by atoms with Gasteiger partial charge in [0.25, 0.3) is 5.89 Å². The highest BCUT2D eigenvalue weighted by molar-refractivity contribution is 5.52. The van der Waals surface area contributed by atoms with Crippen molar-refractivity contribution in [3.05, 3.63) is 35.9 Å². The number of hydrogen-bond donors (Lipinski definition) is 1. The predicted molar refractivity (Wildman–Crippen MR) is 74.4 cm³/mol. The van der Waals surface area contributed by atoms with E-state index in [9.17, 15) is 4.39 Å². The van der Waals surface area contributed by atoms with E-state index in [0.717, 1.165) is 13.1 Å². The quantitative estimate of drug-likeness (QED) is 0.877. The summed E-state index contributed by atoms with van der Waals surface area (Å²) in [5.74, 6) is 0.389. The Labute approximate surface area is 117 Å². The molecule has 0 aliphatic rings. The summed E-state index contributed by atoms with van der Waals surface area (Å²) in [5.41, 5.74) is 6.62. The number of aromatic nitrogens is 2. The van der Waals surface area contributed by atoms with E-state index in [1.807, 2.05) is 0 Å². The van der Waals surface area contributed by atoms with Gasteiger partial charge in [-0.15, -0.1) is 0 Å². The average molecular weight is 278 g/mol. The highest BCUT2D eigenvalue weighted by Gasteiger charge is 2.17. The molecule has 0 saturated carbocycles. The maximum Gasteiger partial charge on any atom is 0.258 e. The second-order valence-electron chi connectivity index (χ2n) is 4.56. The van der Waals surface area contributed by atoms with Crippen molar-refractivity contribution in [2.24, 2.45) is 5.73 Å². The summed E-state index contributed by atoms with van der Waals surface area (Å²) in [4.78, 5) is 6.43. The standard InChI is InChI=1S/C14H19FN4O/c1-3-19(4-2)9-12(16)13-17-14(20-18-13)10-6-5-7-11(15)8-10/h5-8,12H,3-4,9,16H2,1-2H3. The van der Waals surface area contributed by atoms with Gasteiger partial charge in [0.2, 0.25) is 0 Å². The number of hydrogen-bond acceptors (Lipinski definition) is 5. The Kier molecular flexibility index (Phi) is 4.81. The molecule has 0 radical (unpaired) electrons.